The highest BCUT2D eigenvalue weighted by Crippen LogP contribution is 2.34. The number of halogens is 1. The van der Waals surface area contributed by atoms with Crippen LogP contribution in [-0.2, 0) is 13.5 Å². The Kier molecular flexibility index (Phi) is 4.38. The van der Waals surface area contributed by atoms with Crippen LogP contribution in [0.2, 0.25) is 0 Å². The molecule has 0 saturated carbocycles. The van der Waals surface area contributed by atoms with Gasteiger partial charge in [-0.25, -0.2) is 0 Å². The highest BCUT2D eigenvalue weighted by molar-refractivity contribution is 9.10. The summed E-state index contributed by atoms with van der Waals surface area (Å²) in [5.74, 6) is 2.07. The maximum absolute atomic E-state index is 6.15. The normalized spacial score (nSPS) is 11.1. The molecule has 1 heterocycles. The van der Waals surface area contributed by atoms with Gasteiger partial charge >= 0.3 is 0 Å². The average Bonchev–Trinajstić information content (AvgIpc) is 2.66. The molecule has 4 nitrogen and oxygen atoms in total. The zero-order valence-corrected chi connectivity index (χ0v) is 13.9. The Morgan fingerprint density at radius 3 is 2.65 bits per heavy atom. The van der Waals surface area contributed by atoms with Crippen molar-refractivity contribution in [1.29, 1.82) is 0 Å². The minimum absolute atomic E-state index is 0.530. The molecule has 0 aliphatic heterocycles. The molecule has 0 radical (unpaired) electrons. The van der Waals surface area contributed by atoms with Crippen LogP contribution < -0.4 is 10.5 Å². The summed E-state index contributed by atoms with van der Waals surface area (Å²) >= 11 is 3.51. The molecule has 0 amide bonds. The number of nitrogens with zero attached hydrogens (tertiary/aromatic N) is 2. The lowest BCUT2D eigenvalue weighted by Gasteiger charge is -2.08. The van der Waals surface area contributed by atoms with Crippen molar-refractivity contribution in [3.63, 3.8) is 0 Å². The average molecular weight is 338 g/mol. The van der Waals surface area contributed by atoms with Crippen molar-refractivity contribution in [2.24, 2.45) is 13.0 Å². The number of aryl methyl sites for hydroxylation is 1. The van der Waals surface area contributed by atoms with E-state index in [9.17, 15) is 0 Å². The number of hydrogen-bond donors (Lipinski definition) is 1. The molecule has 0 aliphatic rings. The number of hydrogen-bond acceptors (Lipinski definition) is 3. The number of anilines is 1. The number of nitrogen functional groups attached to an aromatic ring is 1. The number of methoxy groups -OCH3 is 1. The summed E-state index contributed by atoms with van der Waals surface area (Å²) in [7, 11) is 3.53. The van der Waals surface area contributed by atoms with Crippen molar-refractivity contribution in [3.8, 4) is 17.0 Å². The quantitative estimate of drug-likeness (QED) is 0.926. The van der Waals surface area contributed by atoms with Gasteiger partial charge in [0.15, 0.2) is 0 Å². The zero-order valence-electron chi connectivity index (χ0n) is 12.3. The van der Waals surface area contributed by atoms with Crippen molar-refractivity contribution in [2.45, 2.75) is 20.3 Å². The number of nitrogens with two attached hydrogens (primary N) is 1. The van der Waals surface area contributed by atoms with Crippen LogP contribution in [0.3, 0.4) is 0 Å². The summed E-state index contributed by atoms with van der Waals surface area (Å²) in [4.78, 5) is 0. The first-order chi connectivity index (χ1) is 9.43. The van der Waals surface area contributed by atoms with Gasteiger partial charge in [0.2, 0.25) is 0 Å². The molecule has 5 heteroatoms. The van der Waals surface area contributed by atoms with E-state index >= 15 is 0 Å². The first-order valence-electron chi connectivity index (χ1n) is 6.59. The Bertz CT molecular complexity index is 620. The van der Waals surface area contributed by atoms with Crippen LogP contribution in [0.15, 0.2) is 22.7 Å². The molecule has 1 aromatic heterocycles. The van der Waals surface area contributed by atoms with Crippen LogP contribution in [0.25, 0.3) is 11.3 Å². The molecule has 1 aromatic carbocycles. The molecule has 2 rings (SSSR count). The molecular formula is C15H20BrN3O. The first kappa shape index (κ1) is 14.9. The largest absolute Gasteiger partial charge is 0.496 e. The SMILES string of the molecule is COc1ccc(-c2nn(C)c(N)c2CC(C)C)cc1Br. The van der Waals surface area contributed by atoms with E-state index in [0.717, 1.165) is 39.3 Å². The van der Waals surface area contributed by atoms with Crippen LogP contribution in [0, 0.1) is 5.92 Å². The Labute approximate surface area is 128 Å². The minimum atomic E-state index is 0.530. The lowest BCUT2D eigenvalue weighted by atomic mass is 9.99. The lowest BCUT2D eigenvalue weighted by molar-refractivity contribution is 0.412. The maximum Gasteiger partial charge on any atom is 0.133 e. The van der Waals surface area contributed by atoms with E-state index in [4.69, 9.17) is 10.5 Å². The molecule has 20 heavy (non-hydrogen) atoms. The lowest BCUT2D eigenvalue weighted by Crippen LogP contribution is -2.02. The highest BCUT2D eigenvalue weighted by Gasteiger charge is 2.17. The van der Waals surface area contributed by atoms with Crippen LogP contribution in [-0.4, -0.2) is 16.9 Å². The highest BCUT2D eigenvalue weighted by atomic mass is 79.9. The molecule has 0 bridgehead atoms. The third-order valence-corrected chi connectivity index (χ3v) is 3.85. The van der Waals surface area contributed by atoms with Crippen LogP contribution in [0.4, 0.5) is 5.82 Å². The minimum Gasteiger partial charge on any atom is -0.496 e. The monoisotopic (exact) mass is 337 g/mol. The summed E-state index contributed by atoms with van der Waals surface area (Å²) in [5.41, 5.74) is 9.25. The maximum atomic E-state index is 6.15. The van der Waals surface area contributed by atoms with Crippen molar-refractivity contribution in [3.05, 3.63) is 28.2 Å². The van der Waals surface area contributed by atoms with Gasteiger partial charge in [-0.1, -0.05) is 13.8 Å². The molecular weight excluding hydrogens is 318 g/mol. The molecule has 108 valence electrons. The third kappa shape index (κ3) is 2.82. The van der Waals surface area contributed by atoms with Crippen LogP contribution >= 0.6 is 15.9 Å². The van der Waals surface area contributed by atoms with E-state index in [1.807, 2.05) is 25.2 Å². The third-order valence-electron chi connectivity index (χ3n) is 3.23. The van der Waals surface area contributed by atoms with E-state index < -0.39 is 0 Å². The Morgan fingerprint density at radius 1 is 1.40 bits per heavy atom. The number of aromatic nitrogens is 2. The molecule has 0 atom stereocenters. The van der Waals surface area contributed by atoms with Crippen molar-refractivity contribution < 1.29 is 4.74 Å². The van der Waals surface area contributed by atoms with Gasteiger partial charge in [-0.15, -0.1) is 0 Å². The number of benzene rings is 1. The van der Waals surface area contributed by atoms with Gasteiger partial charge in [-0.2, -0.15) is 5.10 Å². The van der Waals surface area contributed by atoms with Crippen molar-refractivity contribution in [1.82, 2.24) is 9.78 Å². The molecule has 2 aromatic rings. The molecule has 0 fully saturated rings. The number of ether oxygens (including phenoxy) is 1. The second-order valence-electron chi connectivity index (χ2n) is 5.28. The van der Waals surface area contributed by atoms with Crippen molar-refractivity contribution in [2.75, 3.05) is 12.8 Å². The smallest absolute Gasteiger partial charge is 0.133 e. The van der Waals surface area contributed by atoms with Gasteiger partial charge in [0.1, 0.15) is 11.6 Å². The van der Waals surface area contributed by atoms with Gasteiger partial charge in [0.25, 0.3) is 0 Å². The van der Waals surface area contributed by atoms with E-state index in [1.165, 1.54) is 0 Å². The van der Waals surface area contributed by atoms with Gasteiger partial charge in [0, 0.05) is 18.2 Å². The zero-order chi connectivity index (χ0) is 14.9. The summed E-state index contributed by atoms with van der Waals surface area (Å²) < 4.78 is 7.92. The van der Waals surface area contributed by atoms with E-state index in [0.29, 0.717) is 5.92 Å². The fourth-order valence-electron chi connectivity index (χ4n) is 2.24. The second kappa shape index (κ2) is 5.87. The van der Waals surface area contributed by atoms with Crippen molar-refractivity contribution >= 4 is 21.7 Å². The van der Waals surface area contributed by atoms with Gasteiger partial charge in [-0.05, 0) is 46.5 Å². The summed E-state index contributed by atoms with van der Waals surface area (Å²) in [6.07, 6.45) is 0.915. The summed E-state index contributed by atoms with van der Waals surface area (Å²) in [6.45, 7) is 4.36. The van der Waals surface area contributed by atoms with E-state index in [2.05, 4.69) is 34.9 Å². The van der Waals surface area contributed by atoms with E-state index in [-0.39, 0.29) is 0 Å². The second-order valence-corrected chi connectivity index (χ2v) is 6.14. The van der Waals surface area contributed by atoms with Crippen LogP contribution in [0.5, 0.6) is 5.75 Å². The Balaban J connectivity index is 2.52. The van der Waals surface area contributed by atoms with Gasteiger partial charge in [-0.3, -0.25) is 4.68 Å². The number of rotatable bonds is 4. The predicted octanol–water partition coefficient (Wildman–Crippen LogP) is 3.64. The molecule has 0 aliphatic carbocycles. The van der Waals surface area contributed by atoms with Crippen LogP contribution in [0.1, 0.15) is 19.4 Å². The fourth-order valence-corrected chi connectivity index (χ4v) is 2.78. The molecule has 0 spiro atoms. The molecule has 0 saturated heterocycles. The Hall–Kier alpha value is -1.49. The van der Waals surface area contributed by atoms with Gasteiger partial charge in [0.05, 0.1) is 17.3 Å². The predicted molar refractivity (Wildman–Crippen MR) is 85.9 cm³/mol. The summed E-state index contributed by atoms with van der Waals surface area (Å²) in [6, 6.07) is 5.96. The standard InChI is InChI=1S/C15H20BrN3O/c1-9(2)7-11-14(18-19(3)15(11)17)10-5-6-13(20-4)12(16)8-10/h5-6,8-9H,7,17H2,1-4H3. The topological polar surface area (TPSA) is 53.1 Å². The molecule has 2 N–H and O–H groups in total. The Morgan fingerprint density at radius 2 is 2.10 bits per heavy atom. The summed E-state index contributed by atoms with van der Waals surface area (Å²) in [5, 5.41) is 4.56. The van der Waals surface area contributed by atoms with E-state index in [1.54, 1.807) is 11.8 Å². The molecule has 0 unspecified atom stereocenters. The fraction of sp³-hybridized carbons (Fsp3) is 0.400. The van der Waals surface area contributed by atoms with Gasteiger partial charge < -0.3 is 10.5 Å². The first-order valence-corrected chi connectivity index (χ1v) is 7.38.